The Bertz CT molecular complexity index is 839. The third-order valence-electron chi connectivity index (χ3n) is 2.77. The van der Waals surface area contributed by atoms with Crippen LogP contribution in [0.15, 0.2) is 58.3 Å². The summed E-state index contributed by atoms with van der Waals surface area (Å²) in [5.74, 6) is -0.449. The first-order chi connectivity index (χ1) is 10.5. The average molecular weight is 399 g/mol. The van der Waals surface area contributed by atoms with E-state index in [4.69, 9.17) is 8.42 Å². The molecular weight excluding hydrogens is 386 g/mol. The van der Waals surface area contributed by atoms with Crippen LogP contribution in [0.1, 0.15) is 12.5 Å². The van der Waals surface area contributed by atoms with E-state index < -0.39 is 23.9 Å². The summed E-state index contributed by atoms with van der Waals surface area (Å²) in [6.07, 6.45) is 0.858. The maximum Gasteiger partial charge on any atom is 0.317 e. The molecule has 0 atom stereocenters. The number of sulfone groups is 1. The molecule has 0 aliphatic heterocycles. The van der Waals surface area contributed by atoms with Crippen molar-refractivity contribution in [3.63, 3.8) is 0 Å². The molecule has 0 saturated carbocycles. The van der Waals surface area contributed by atoms with Crippen LogP contribution < -0.4 is 0 Å². The van der Waals surface area contributed by atoms with E-state index in [0.29, 0.717) is 0 Å². The van der Waals surface area contributed by atoms with Crippen LogP contribution in [0.25, 0.3) is 0 Å². The zero-order valence-corrected chi connectivity index (χ0v) is 15.1. The molecule has 0 heterocycles. The zero-order chi connectivity index (χ0) is 17.7. The smallest absolute Gasteiger partial charge is 0.219 e. The van der Waals surface area contributed by atoms with Crippen LogP contribution in [0.4, 0.5) is 4.39 Å². The number of aryl methyl sites for hydroxylation is 1. The Labute approximate surface area is 143 Å². The molecule has 0 unspecified atom stereocenters. The second-order valence-corrected chi connectivity index (χ2v) is 9.95. The van der Waals surface area contributed by atoms with Crippen LogP contribution in [-0.2, 0) is 24.5 Å². The van der Waals surface area contributed by atoms with Crippen molar-refractivity contribution < 1.29 is 21.2 Å². The Kier molecular flexibility index (Phi) is 7.01. The molecule has 0 radical (unpaired) electrons. The van der Waals surface area contributed by atoms with Crippen LogP contribution >= 0.6 is 21.4 Å². The first-order valence-electron chi connectivity index (χ1n) is 6.28. The van der Waals surface area contributed by atoms with Crippen molar-refractivity contribution in [3.05, 3.63) is 59.9 Å². The molecule has 126 valence electrons. The van der Waals surface area contributed by atoms with Crippen molar-refractivity contribution in [1.29, 1.82) is 0 Å². The molecule has 0 N–H and O–H groups in total. The Morgan fingerprint density at radius 3 is 1.52 bits per heavy atom. The van der Waals surface area contributed by atoms with Gasteiger partial charge in [-0.3, -0.25) is 0 Å². The number of hydrogen-bond donors (Lipinski definition) is 0. The van der Waals surface area contributed by atoms with Crippen molar-refractivity contribution in [2.24, 2.45) is 0 Å². The molecular formula is C14H13Cl2FO4S2. The molecule has 2 aromatic rings. The number of benzene rings is 2. The average Bonchev–Trinajstić information content (AvgIpc) is 2.46. The van der Waals surface area contributed by atoms with Gasteiger partial charge in [-0.25, -0.2) is 12.8 Å². The standard InChI is InChI=1S/C14H13FO2S.Cl2O2S/c1-2-11-3-7-13(8-4-11)18(16,17)14-9-5-12(15)6-10-14;1-5(2,3)4/h3-10H,2H2,1H3;. The van der Waals surface area contributed by atoms with Gasteiger partial charge in [0, 0.05) is 21.4 Å². The quantitative estimate of drug-likeness (QED) is 0.579. The second kappa shape index (κ2) is 8.10. The maximum absolute atomic E-state index is 12.8. The number of rotatable bonds is 3. The molecule has 0 aliphatic carbocycles. The largest absolute Gasteiger partial charge is 0.317 e. The highest BCUT2D eigenvalue weighted by atomic mass is 36.0. The van der Waals surface area contributed by atoms with Gasteiger partial charge in [-0.2, -0.15) is 8.42 Å². The summed E-state index contributed by atoms with van der Waals surface area (Å²) in [5.41, 5.74) is 1.08. The van der Waals surface area contributed by atoms with Crippen LogP contribution in [0.2, 0.25) is 0 Å². The van der Waals surface area contributed by atoms with Gasteiger partial charge in [0.25, 0.3) is 0 Å². The van der Waals surface area contributed by atoms with Gasteiger partial charge in [0.15, 0.2) is 0 Å². The zero-order valence-electron chi connectivity index (χ0n) is 11.9. The minimum absolute atomic E-state index is 0.105. The first kappa shape index (κ1) is 19.9. The number of hydrogen-bond acceptors (Lipinski definition) is 4. The summed E-state index contributed by atoms with van der Waals surface area (Å²) in [4.78, 5) is 0.333. The normalized spacial score (nSPS) is 11.5. The van der Waals surface area contributed by atoms with Crippen molar-refractivity contribution in [1.82, 2.24) is 0 Å². The molecule has 23 heavy (non-hydrogen) atoms. The fourth-order valence-electron chi connectivity index (χ4n) is 1.65. The van der Waals surface area contributed by atoms with E-state index in [1.165, 1.54) is 12.1 Å². The van der Waals surface area contributed by atoms with E-state index in [1.807, 2.05) is 6.92 Å². The summed E-state index contributed by atoms with van der Waals surface area (Å²) in [6, 6.07) is 11.6. The van der Waals surface area contributed by atoms with Gasteiger partial charge >= 0.3 is 8.26 Å². The monoisotopic (exact) mass is 398 g/mol. The van der Waals surface area contributed by atoms with Crippen LogP contribution in [0.5, 0.6) is 0 Å². The predicted octanol–water partition coefficient (Wildman–Crippen LogP) is 3.93. The highest BCUT2D eigenvalue weighted by Crippen LogP contribution is 2.21. The summed E-state index contributed by atoms with van der Waals surface area (Å²) < 4.78 is 55.6. The molecule has 2 rings (SSSR count). The predicted molar refractivity (Wildman–Crippen MR) is 88.3 cm³/mol. The molecule has 9 heteroatoms. The first-order valence-corrected chi connectivity index (χ1v) is 10.9. The highest BCUT2D eigenvalue weighted by molar-refractivity contribution is 8.31. The molecule has 2 aromatic carbocycles. The Hall–Kier alpha value is -1.15. The van der Waals surface area contributed by atoms with Gasteiger partial charge in [-0.05, 0) is 48.4 Å². The van der Waals surface area contributed by atoms with E-state index in [9.17, 15) is 12.8 Å². The lowest BCUT2D eigenvalue weighted by Crippen LogP contribution is -2.02. The van der Waals surface area contributed by atoms with Gasteiger partial charge < -0.3 is 0 Å². The third kappa shape index (κ3) is 6.87. The Morgan fingerprint density at radius 2 is 1.17 bits per heavy atom. The fraction of sp³-hybridized carbons (Fsp3) is 0.143. The molecule has 4 nitrogen and oxygen atoms in total. The minimum Gasteiger partial charge on any atom is -0.219 e. The summed E-state index contributed by atoms with van der Waals surface area (Å²) in [5, 5.41) is 0. The SMILES string of the molecule is CCc1ccc(S(=O)(=O)c2ccc(F)cc2)cc1.O=S(=O)(Cl)Cl. The van der Waals surface area contributed by atoms with E-state index in [0.717, 1.165) is 24.1 Å². The van der Waals surface area contributed by atoms with E-state index in [2.05, 4.69) is 21.4 Å². The van der Waals surface area contributed by atoms with Crippen molar-refractivity contribution in [2.75, 3.05) is 0 Å². The Morgan fingerprint density at radius 1 is 0.826 bits per heavy atom. The van der Waals surface area contributed by atoms with Crippen LogP contribution in [0.3, 0.4) is 0 Å². The molecule has 0 aliphatic rings. The summed E-state index contributed by atoms with van der Waals surface area (Å²) in [7, 11) is 1.27. The van der Waals surface area contributed by atoms with E-state index in [-0.39, 0.29) is 9.79 Å². The van der Waals surface area contributed by atoms with Crippen LogP contribution in [0, 0.1) is 5.82 Å². The topological polar surface area (TPSA) is 68.3 Å². The lowest BCUT2D eigenvalue weighted by molar-refractivity contribution is 0.594. The van der Waals surface area contributed by atoms with E-state index >= 15 is 0 Å². The molecule has 0 fully saturated rings. The third-order valence-corrected chi connectivity index (χ3v) is 4.55. The van der Waals surface area contributed by atoms with E-state index in [1.54, 1.807) is 24.3 Å². The summed E-state index contributed by atoms with van der Waals surface area (Å²) in [6.45, 7) is 2.00. The molecule has 0 aromatic heterocycles. The van der Waals surface area contributed by atoms with Crippen molar-refractivity contribution >= 4 is 39.5 Å². The lowest BCUT2D eigenvalue weighted by Gasteiger charge is -2.05. The van der Waals surface area contributed by atoms with Gasteiger partial charge in [-0.15, -0.1) is 0 Å². The van der Waals surface area contributed by atoms with Crippen LogP contribution in [-0.4, -0.2) is 16.8 Å². The maximum atomic E-state index is 12.8. The molecule has 0 saturated heterocycles. The van der Waals surface area contributed by atoms with Crippen molar-refractivity contribution in [2.45, 2.75) is 23.1 Å². The fourth-order valence-corrected chi connectivity index (χ4v) is 2.92. The molecule has 0 amide bonds. The highest BCUT2D eigenvalue weighted by Gasteiger charge is 2.17. The second-order valence-electron chi connectivity index (χ2n) is 4.33. The summed E-state index contributed by atoms with van der Waals surface area (Å²) >= 11 is 0. The van der Waals surface area contributed by atoms with Gasteiger partial charge in [0.1, 0.15) is 5.82 Å². The minimum atomic E-state index is -3.72. The lowest BCUT2D eigenvalue weighted by atomic mass is 10.2. The Balaban J connectivity index is 0.000000463. The number of halogens is 3. The van der Waals surface area contributed by atoms with Gasteiger partial charge in [-0.1, -0.05) is 19.1 Å². The van der Waals surface area contributed by atoms with Crippen molar-refractivity contribution in [3.8, 4) is 0 Å². The molecule has 0 spiro atoms. The van der Waals surface area contributed by atoms with Gasteiger partial charge in [0.2, 0.25) is 9.84 Å². The van der Waals surface area contributed by atoms with Gasteiger partial charge in [0.05, 0.1) is 9.79 Å². The molecule has 0 bridgehead atoms.